The van der Waals surface area contributed by atoms with Crippen LogP contribution in [0.2, 0.25) is 0 Å². The van der Waals surface area contributed by atoms with Crippen LogP contribution in [0.4, 0.5) is 0 Å². The highest BCUT2D eigenvalue weighted by molar-refractivity contribution is 5.97. The summed E-state index contributed by atoms with van der Waals surface area (Å²) in [5.74, 6) is 0.314. The second kappa shape index (κ2) is 15.0. The average Bonchev–Trinajstić information content (AvgIpc) is 3.10. The lowest BCUT2D eigenvalue weighted by Crippen LogP contribution is -2.52. The zero-order valence-corrected chi connectivity index (χ0v) is 27.4. The van der Waals surface area contributed by atoms with E-state index in [1.807, 2.05) is 0 Å². The second-order valence-electron chi connectivity index (χ2n) is 11.1. The molecule has 0 aliphatic carbocycles. The van der Waals surface area contributed by atoms with Crippen molar-refractivity contribution in [2.45, 2.75) is 43.6 Å². The van der Waals surface area contributed by atoms with Gasteiger partial charge in [0, 0.05) is 22.3 Å². The fraction of sp³-hybridized carbons (Fsp3) is 0.297. The fourth-order valence-electron chi connectivity index (χ4n) is 6.00. The minimum atomic E-state index is -1.81. The van der Waals surface area contributed by atoms with Gasteiger partial charge in [-0.25, -0.2) is 0 Å². The molecule has 0 radical (unpaired) electrons. The van der Waals surface area contributed by atoms with E-state index in [2.05, 4.69) is 10.6 Å². The van der Waals surface area contributed by atoms with Crippen LogP contribution in [0.25, 0.3) is 0 Å². The van der Waals surface area contributed by atoms with Crippen LogP contribution < -0.4 is 29.6 Å². The van der Waals surface area contributed by atoms with Gasteiger partial charge < -0.3 is 39.8 Å². The van der Waals surface area contributed by atoms with Crippen LogP contribution >= 0.6 is 0 Å². The van der Waals surface area contributed by atoms with Crippen molar-refractivity contribution in [3.05, 3.63) is 119 Å². The maximum absolute atomic E-state index is 13.4. The van der Waals surface area contributed by atoms with E-state index in [-0.39, 0.29) is 0 Å². The monoisotopic (exact) mass is 642 g/mol. The van der Waals surface area contributed by atoms with Gasteiger partial charge in [-0.15, -0.1) is 0 Å². The van der Waals surface area contributed by atoms with E-state index >= 15 is 0 Å². The van der Waals surface area contributed by atoms with Crippen molar-refractivity contribution in [1.29, 1.82) is 0 Å². The number of nitrogens with one attached hydrogen (secondary N) is 2. The third kappa shape index (κ3) is 6.89. The van der Waals surface area contributed by atoms with E-state index in [1.165, 1.54) is 28.4 Å². The van der Waals surface area contributed by atoms with Gasteiger partial charge in [0.15, 0.2) is 0 Å². The van der Waals surface area contributed by atoms with Gasteiger partial charge in [0.05, 0.1) is 40.5 Å². The van der Waals surface area contributed by atoms with Crippen molar-refractivity contribution in [3.63, 3.8) is 0 Å². The van der Waals surface area contributed by atoms with Gasteiger partial charge in [-0.1, -0.05) is 72.8 Å². The van der Waals surface area contributed by atoms with Crippen molar-refractivity contribution < 1.29 is 38.7 Å². The highest BCUT2D eigenvalue weighted by Gasteiger charge is 2.44. The summed E-state index contributed by atoms with van der Waals surface area (Å²) in [4.78, 5) is 26.8. The summed E-state index contributed by atoms with van der Waals surface area (Å²) in [6.45, 7) is 3.28. The molecule has 4 aromatic carbocycles. The second-order valence-corrected chi connectivity index (χ2v) is 11.1. The minimum Gasteiger partial charge on any atom is -0.496 e. The largest absolute Gasteiger partial charge is 0.496 e. The van der Waals surface area contributed by atoms with Crippen molar-refractivity contribution >= 4 is 11.8 Å². The van der Waals surface area contributed by atoms with Crippen LogP contribution in [0.5, 0.6) is 23.0 Å². The molecule has 4 rings (SSSR count). The van der Waals surface area contributed by atoms with Gasteiger partial charge in [0.2, 0.25) is 11.8 Å². The molecule has 248 valence electrons. The van der Waals surface area contributed by atoms with E-state index in [0.29, 0.717) is 45.3 Å². The smallest absolute Gasteiger partial charge is 0.229 e. The molecule has 0 saturated carbocycles. The van der Waals surface area contributed by atoms with Crippen LogP contribution in [-0.4, -0.2) is 62.6 Å². The maximum Gasteiger partial charge on any atom is 0.229 e. The van der Waals surface area contributed by atoms with Gasteiger partial charge >= 0.3 is 0 Å². The zero-order valence-electron chi connectivity index (χ0n) is 27.4. The number of para-hydroxylation sites is 4. The molecule has 0 heterocycles. The Morgan fingerprint density at radius 2 is 0.766 bits per heavy atom. The molecule has 0 aliphatic heterocycles. The fourth-order valence-corrected chi connectivity index (χ4v) is 6.00. The lowest BCUT2D eigenvalue weighted by atomic mass is 9.79. The van der Waals surface area contributed by atoms with Crippen LogP contribution in [0, 0.1) is 0 Å². The topological polar surface area (TPSA) is 136 Å². The van der Waals surface area contributed by atoms with E-state index in [0.717, 1.165) is 0 Å². The van der Waals surface area contributed by atoms with E-state index < -0.39 is 41.5 Å². The first kappa shape index (κ1) is 34.8. The minimum absolute atomic E-state index is 0.400. The molecule has 0 bridgehead atoms. The molecule has 0 fully saturated rings. The Kier molecular flexibility index (Phi) is 11.1. The number of carbonyl (C=O) groups excluding carboxylic acids is 2. The number of methoxy groups -OCH3 is 4. The molecular weight excluding hydrogens is 600 g/mol. The molecule has 2 unspecified atom stereocenters. The van der Waals surface area contributed by atoms with Gasteiger partial charge in [-0.2, -0.15) is 0 Å². The quantitative estimate of drug-likeness (QED) is 0.150. The van der Waals surface area contributed by atoms with Crippen LogP contribution in [0.15, 0.2) is 97.1 Å². The predicted octanol–water partition coefficient (Wildman–Crippen LogP) is 4.29. The molecule has 0 spiro atoms. The number of hydrogen-bond donors (Lipinski definition) is 4. The summed E-state index contributed by atoms with van der Waals surface area (Å²) in [6.07, 6.45) is -0.587. The Hall–Kier alpha value is -5.06. The molecular formula is C37H42N2O8. The molecule has 4 aromatic rings. The third-order valence-corrected chi connectivity index (χ3v) is 8.40. The van der Waals surface area contributed by atoms with Crippen LogP contribution in [0.3, 0.4) is 0 Å². The normalized spacial score (nSPS) is 12.8. The summed E-state index contributed by atoms with van der Waals surface area (Å²) >= 11 is 0. The number of amides is 2. The molecule has 10 nitrogen and oxygen atoms in total. The number of rotatable bonds is 14. The third-order valence-electron chi connectivity index (χ3n) is 8.40. The van der Waals surface area contributed by atoms with Gasteiger partial charge in [0.1, 0.15) is 40.6 Å². The van der Waals surface area contributed by atoms with E-state index in [4.69, 9.17) is 18.9 Å². The molecule has 2 amide bonds. The highest BCUT2D eigenvalue weighted by Crippen LogP contribution is 2.43. The van der Waals surface area contributed by atoms with Crippen molar-refractivity contribution in [1.82, 2.24) is 10.6 Å². The maximum atomic E-state index is 13.4. The summed E-state index contributed by atoms with van der Waals surface area (Å²) in [5.41, 5.74) is -2.03. The summed E-state index contributed by atoms with van der Waals surface area (Å²) < 4.78 is 22.3. The van der Waals surface area contributed by atoms with E-state index in [9.17, 15) is 19.8 Å². The average molecular weight is 643 g/mol. The first-order valence-corrected chi connectivity index (χ1v) is 15.1. The van der Waals surface area contributed by atoms with Crippen molar-refractivity contribution in [2.75, 3.05) is 28.4 Å². The molecule has 0 aliphatic rings. The Bertz CT molecular complexity index is 1470. The number of hydrogen-bond acceptors (Lipinski definition) is 8. The zero-order chi connectivity index (χ0) is 34.2. The van der Waals surface area contributed by atoms with Gasteiger partial charge in [-0.05, 0) is 38.1 Å². The highest BCUT2D eigenvalue weighted by atomic mass is 16.5. The Morgan fingerprint density at radius 3 is 1.00 bits per heavy atom. The number of carbonyl (C=O) groups is 2. The Balaban J connectivity index is 1.62. The van der Waals surface area contributed by atoms with E-state index in [1.54, 1.807) is 111 Å². The summed E-state index contributed by atoms with van der Waals surface area (Å²) in [7, 11) is 5.97. The lowest BCUT2D eigenvalue weighted by molar-refractivity contribution is -0.131. The van der Waals surface area contributed by atoms with Crippen molar-refractivity contribution in [3.8, 4) is 23.0 Å². The van der Waals surface area contributed by atoms with Gasteiger partial charge in [0.25, 0.3) is 0 Å². The SMILES string of the molecule is COc1ccccc1C(O)(c1ccccc1OC)C(C)NC(=O)CC(=O)NC(C)C(O)(c1ccccc1OC)c1ccccc1OC. The lowest BCUT2D eigenvalue weighted by Gasteiger charge is -2.38. The first-order valence-electron chi connectivity index (χ1n) is 15.1. The number of aliphatic hydroxyl groups is 2. The van der Waals surface area contributed by atoms with Crippen molar-refractivity contribution in [2.24, 2.45) is 0 Å². The summed E-state index contributed by atoms with van der Waals surface area (Å²) in [5, 5.41) is 30.4. The molecule has 0 saturated heterocycles. The predicted molar refractivity (Wildman–Crippen MR) is 178 cm³/mol. The van der Waals surface area contributed by atoms with Crippen LogP contribution in [-0.2, 0) is 20.8 Å². The number of ether oxygens (including phenoxy) is 4. The standard InChI is InChI=1S/C37H42N2O8/c1-24(36(42,26-15-7-11-19-30(26)44-3)27-16-8-12-20-31(27)45-4)38-34(40)23-35(41)39-25(2)37(43,28-17-9-13-21-32(28)46-5)29-18-10-14-22-33(29)47-6/h7-22,24-25,42-43H,23H2,1-6H3,(H,38,40)(H,39,41). The van der Waals surface area contributed by atoms with Crippen LogP contribution in [0.1, 0.15) is 42.5 Å². The molecule has 10 heteroatoms. The van der Waals surface area contributed by atoms with Gasteiger partial charge in [-0.3, -0.25) is 9.59 Å². The summed E-state index contributed by atoms with van der Waals surface area (Å²) in [6, 6.07) is 25.9. The molecule has 4 N–H and O–H groups in total. The Morgan fingerprint density at radius 1 is 0.532 bits per heavy atom. The Labute approximate surface area is 275 Å². The first-order chi connectivity index (χ1) is 22.6. The molecule has 0 aromatic heterocycles. The molecule has 47 heavy (non-hydrogen) atoms. The molecule has 2 atom stereocenters. The number of benzene rings is 4.